The molecule has 0 bridgehead atoms. The van der Waals surface area contributed by atoms with Crippen molar-refractivity contribution in [2.45, 2.75) is 0 Å². The van der Waals surface area contributed by atoms with Crippen molar-refractivity contribution < 1.29 is 0 Å². The van der Waals surface area contributed by atoms with Crippen molar-refractivity contribution >= 4 is 92.7 Å². The Morgan fingerprint density at radius 3 is 1.26 bits per heavy atom. The monoisotopic (exact) mass is 493 g/mol. The van der Waals surface area contributed by atoms with Crippen molar-refractivity contribution in [2.24, 2.45) is 0 Å². The first-order valence-corrected chi connectivity index (χ1v) is 13.6. The second-order valence-corrected chi connectivity index (χ2v) is 11.0. The standard InChI is InChI=1S/C36H19N3/c1-4-15-29-20(8-1)22-10-5-11-24-26-18-27-25-13-7-16-30-36(25)39(33(27)19-32(26)38(29)34(22)24)31-17-6-12-23-21-9-2-3-14-28(21)37(30)35(23)31/h1-19H. The van der Waals surface area contributed by atoms with Gasteiger partial charge in [0, 0.05) is 43.1 Å². The number of rotatable bonds is 0. The summed E-state index contributed by atoms with van der Waals surface area (Å²) in [5.74, 6) is 0. The first-order chi connectivity index (χ1) is 19.4. The van der Waals surface area contributed by atoms with Crippen LogP contribution in [0.4, 0.5) is 0 Å². The van der Waals surface area contributed by atoms with Gasteiger partial charge in [-0.1, -0.05) is 78.9 Å². The summed E-state index contributed by atoms with van der Waals surface area (Å²) < 4.78 is 7.49. The number of para-hydroxylation sites is 5. The zero-order valence-corrected chi connectivity index (χ0v) is 20.8. The van der Waals surface area contributed by atoms with Gasteiger partial charge >= 0.3 is 0 Å². The van der Waals surface area contributed by atoms with Gasteiger partial charge in [-0.15, -0.1) is 0 Å². The normalized spacial score (nSPS) is 13.1. The molecule has 0 spiro atoms. The van der Waals surface area contributed by atoms with Crippen LogP contribution in [-0.2, 0) is 0 Å². The van der Waals surface area contributed by atoms with E-state index in [0.29, 0.717) is 0 Å². The molecule has 0 amide bonds. The lowest BCUT2D eigenvalue weighted by atomic mass is 10.1. The molecular formula is C36H19N3. The smallest absolute Gasteiger partial charge is 0.0783 e. The van der Waals surface area contributed by atoms with Crippen molar-refractivity contribution in [3.63, 3.8) is 0 Å². The number of benzene rings is 6. The van der Waals surface area contributed by atoms with Gasteiger partial charge in [-0.25, -0.2) is 0 Å². The van der Waals surface area contributed by atoms with Crippen molar-refractivity contribution in [2.75, 3.05) is 0 Å². The number of aromatic nitrogens is 3. The molecule has 0 saturated heterocycles. The maximum Gasteiger partial charge on any atom is 0.0783 e. The molecule has 11 aromatic rings. The van der Waals surface area contributed by atoms with Gasteiger partial charge in [-0.05, 0) is 36.4 Å². The third kappa shape index (κ3) is 1.92. The largest absolute Gasteiger partial charge is 0.308 e. The van der Waals surface area contributed by atoms with Crippen LogP contribution in [0.25, 0.3) is 92.7 Å². The van der Waals surface area contributed by atoms with Gasteiger partial charge in [0.15, 0.2) is 0 Å². The highest BCUT2D eigenvalue weighted by Crippen LogP contribution is 2.44. The summed E-state index contributed by atoms with van der Waals surface area (Å²) in [7, 11) is 0. The Morgan fingerprint density at radius 2 is 0.641 bits per heavy atom. The fourth-order valence-corrected chi connectivity index (χ4v) is 7.83. The third-order valence-electron chi connectivity index (χ3n) is 9.26. The van der Waals surface area contributed by atoms with E-state index in [1.807, 2.05) is 0 Å². The number of hydrogen-bond donors (Lipinski definition) is 0. The molecule has 0 fully saturated rings. The van der Waals surface area contributed by atoms with Gasteiger partial charge in [0.25, 0.3) is 0 Å². The average Bonchev–Trinajstić information content (AvgIpc) is 3.71. The second kappa shape index (κ2) is 6.06. The molecule has 0 aliphatic rings. The van der Waals surface area contributed by atoms with E-state index in [4.69, 9.17) is 0 Å². The lowest BCUT2D eigenvalue weighted by Gasteiger charge is -2.11. The minimum atomic E-state index is 1.25. The minimum absolute atomic E-state index is 1.25. The first-order valence-electron chi connectivity index (χ1n) is 13.6. The van der Waals surface area contributed by atoms with Gasteiger partial charge in [0.1, 0.15) is 0 Å². The molecule has 0 unspecified atom stereocenters. The molecule has 3 heteroatoms. The lowest BCUT2D eigenvalue weighted by molar-refractivity contribution is 1.26. The summed E-state index contributed by atoms with van der Waals surface area (Å²) >= 11 is 0. The summed E-state index contributed by atoms with van der Waals surface area (Å²) in [6.07, 6.45) is 0. The Labute approximate surface area is 221 Å². The highest BCUT2D eigenvalue weighted by Gasteiger charge is 2.23. The van der Waals surface area contributed by atoms with Gasteiger partial charge in [-0.2, -0.15) is 0 Å². The quantitative estimate of drug-likeness (QED) is 0.187. The van der Waals surface area contributed by atoms with Gasteiger partial charge in [0.2, 0.25) is 0 Å². The summed E-state index contributed by atoms with van der Waals surface area (Å²) in [5.41, 5.74) is 11.5. The van der Waals surface area contributed by atoms with Crippen LogP contribution in [0.2, 0.25) is 0 Å². The predicted octanol–water partition coefficient (Wildman–Crippen LogP) is 9.39. The molecule has 5 heterocycles. The van der Waals surface area contributed by atoms with Crippen molar-refractivity contribution in [1.29, 1.82) is 0 Å². The summed E-state index contributed by atoms with van der Waals surface area (Å²) in [6, 6.07) is 42.9. The maximum absolute atomic E-state index is 2.52. The van der Waals surface area contributed by atoms with Crippen LogP contribution < -0.4 is 0 Å². The Balaban J connectivity index is 1.48. The zero-order valence-electron chi connectivity index (χ0n) is 20.8. The lowest BCUT2D eigenvalue weighted by Crippen LogP contribution is -1.96. The van der Waals surface area contributed by atoms with Crippen molar-refractivity contribution in [3.05, 3.63) is 115 Å². The fourth-order valence-electron chi connectivity index (χ4n) is 7.83. The molecular weight excluding hydrogens is 474 g/mol. The molecule has 39 heavy (non-hydrogen) atoms. The minimum Gasteiger partial charge on any atom is -0.308 e. The molecule has 0 N–H and O–H groups in total. The van der Waals surface area contributed by atoms with E-state index >= 15 is 0 Å². The number of fused-ring (bicyclic) bond motifs is 14. The van der Waals surface area contributed by atoms with E-state index in [1.165, 1.54) is 92.7 Å². The molecule has 6 aromatic carbocycles. The summed E-state index contributed by atoms with van der Waals surface area (Å²) in [5, 5.41) is 10.5. The topological polar surface area (TPSA) is 13.2 Å². The van der Waals surface area contributed by atoms with E-state index in [2.05, 4.69) is 128 Å². The first kappa shape index (κ1) is 18.9. The maximum atomic E-state index is 2.52. The Bertz CT molecular complexity index is 2820. The van der Waals surface area contributed by atoms with Gasteiger partial charge in [0.05, 0.1) is 49.7 Å². The van der Waals surface area contributed by atoms with Crippen LogP contribution >= 0.6 is 0 Å². The summed E-state index contributed by atoms with van der Waals surface area (Å²) in [4.78, 5) is 0. The zero-order chi connectivity index (χ0) is 25.0. The van der Waals surface area contributed by atoms with E-state index in [1.54, 1.807) is 0 Å². The molecule has 3 nitrogen and oxygen atoms in total. The van der Waals surface area contributed by atoms with E-state index in [-0.39, 0.29) is 0 Å². The average molecular weight is 494 g/mol. The summed E-state index contributed by atoms with van der Waals surface area (Å²) in [6.45, 7) is 0. The number of nitrogens with zero attached hydrogens (tertiary/aromatic N) is 3. The van der Waals surface area contributed by atoms with Crippen LogP contribution in [-0.4, -0.2) is 13.2 Å². The third-order valence-corrected chi connectivity index (χ3v) is 9.26. The Hall–Kier alpha value is -5.28. The number of hydrogen-bond acceptors (Lipinski definition) is 0. The van der Waals surface area contributed by atoms with Crippen LogP contribution in [0.15, 0.2) is 115 Å². The molecule has 178 valence electrons. The molecule has 0 atom stereocenters. The van der Waals surface area contributed by atoms with Crippen LogP contribution in [0.3, 0.4) is 0 Å². The van der Waals surface area contributed by atoms with Crippen LogP contribution in [0.5, 0.6) is 0 Å². The Kier molecular flexibility index (Phi) is 2.93. The van der Waals surface area contributed by atoms with Gasteiger partial charge < -0.3 is 13.2 Å². The fraction of sp³-hybridized carbons (Fsp3) is 0. The van der Waals surface area contributed by atoms with E-state index < -0.39 is 0 Å². The van der Waals surface area contributed by atoms with Crippen molar-refractivity contribution in [1.82, 2.24) is 13.2 Å². The SMILES string of the molecule is c1ccc2c(c1)c1cccc3c4cc5c6cccc7c6n(c5cc4n2c13)c1cccc2c3ccccc3n7c21. The van der Waals surface area contributed by atoms with Gasteiger partial charge in [-0.3, -0.25) is 0 Å². The van der Waals surface area contributed by atoms with E-state index in [9.17, 15) is 0 Å². The highest BCUT2D eigenvalue weighted by atomic mass is 15.0. The molecule has 0 saturated carbocycles. The predicted molar refractivity (Wildman–Crippen MR) is 164 cm³/mol. The van der Waals surface area contributed by atoms with Crippen LogP contribution in [0.1, 0.15) is 0 Å². The van der Waals surface area contributed by atoms with E-state index in [0.717, 1.165) is 0 Å². The molecule has 0 aliphatic heterocycles. The second-order valence-electron chi connectivity index (χ2n) is 11.0. The molecule has 11 rings (SSSR count). The molecule has 0 aliphatic carbocycles. The van der Waals surface area contributed by atoms with Crippen molar-refractivity contribution in [3.8, 4) is 0 Å². The molecule has 5 aromatic heterocycles. The Morgan fingerprint density at radius 1 is 0.256 bits per heavy atom. The van der Waals surface area contributed by atoms with Crippen LogP contribution in [0, 0.1) is 0 Å². The highest BCUT2D eigenvalue weighted by molar-refractivity contribution is 6.28. The molecule has 0 radical (unpaired) electrons.